The fraction of sp³-hybridized carbons (Fsp3) is 0.150. The zero-order chi connectivity index (χ0) is 19.6. The molecular formula is C20H18ClN3O3S. The third-order valence-electron chi connectivity index (χ3n) is 3.48. The number of hydrogen-bond donors (Lipinski definition) is 1. The van der Waals surface area contributed by atoms with Crippen molar-refractivity contribution in [2.75, 3.05) is 12.4 Å². The average molecular weight is 416 g/mol. The molecule has 0 aliphatic heterocycles. The molecule has 1 heterocycles. The van der Waals surface area contributed by atoms with E-state index in [9.17, 15) is 4.79 Å². The van der Waals surface area contributed by atoms with Gasteiger partial charge < -0.3 is 14.5 Å². The van der Waals surface area contributed by atoms with Crippen LogP contribution in [-0.2, 0) is 11.3 Å². The number of carbonyl (C=O) groups is 1. The maximum absolute atomic E-state index is 11.8. The highest BCUT2D eigenvalue weighted by atomic mass is 35.5. The largest absolute Gasteiger partial charge is 0.484 e. The SMILES string of the molecule is O=C(COc1ccc(Cl)cc1)NCc1nnc(SCC=Cc2ccccc2)o1. The quantitative estimate of drug-likeness (QED) is 0.527. The van der Waals surface area contributed by atoms with Gasteiger partial charge in [-0.05, 0) is 29.8 Å². The van der Waals surface area contributed by atoms with Gasteiger partial charge in [0.2, 0.25) is 5.89 Å². The summed E-state index contributed by atoms with van der Waals surface area (Å²) >= 11 is 7.23. The van der Waals surface area contributed by atoms with Crippen LogP contribution in [0.25, 0.3) is 6.08 Å². The Kier molecular flexibility index (Phi) is 7.52. The third kappa shape index (κ3) is 6.75. The molecule has 0 aliphatic rings. The van der Waals surface area contributed by atoms with Gasteiger partial charge in [-0.1, -0.05) is 65.8 Å². The molecule has 0 saturated carbocycles. The number of rotatable bonds is 9. The summed E-state index contributed by atoms with van der Waals surface area (Å²) in [6, 6.07) is 16.8. The summed E-state index contributed by atoms with van der Waals surface area (Å²) in [5.74, 6) is 1.33. The lowest BCUT2D eigenvalue weighted by molar-refractivity contribution is -0.123. The smallest absolute Gasteiger partial charge is 0.276 e. The summed E-state index contributed by atoms with van der Waals surface area (Å²) in [6.45, 7) is 0.0396. The Morgan fingerprint density at radius 1 is 1.14 bits per heavy atom. The maximum atomic E-state index is 11.8. The van der Waals surface area contributed by atoms with Crippen LogP contribution in [0.5, 0.6) is 5.75 Å². The standard InChI is InChI=1S/C20H18ClN3O3S/c21-16-8-10-17(11-9-16)26-14-18(25)22-13-19-23-24-20(27-19)28-12-4-7-15-5-2-1-3-6-15/h1-11H,12-14H2,(H,22,25). The number of nitrogens with zero attached hydrogens (tertiary/aromatic N) is 2. The van der Waals surface area contributed by atoms with E-state index in [0.29, 0.717) is 27.6 Å². The first kappa shape index (κ1) is 20.0. The van der Waals surface area contributed by atoms with Crippen LogP contribution < -0.4 is 10.1 Å². The van der Waals surface area contributed by atoms with Gasteiger partial charge in [-0.3, -0.25) is 4.79 Å². The fourth-order valence-electron chi connectivity index (χ4n) is 2.14. The number of ether oxygens (including phenoxy) is 1. The highest BCUT2D eigenvalue weighted by molar-refractivity contribution is 7.99. The Hall–Kier alpha value is -2.77. The second-order valence-corrected chi connectivity index (χ2v) is 7.01. The molecule has 1 amide bonds. The second kappa shape index (κ2) is 10.5. The summed E-state index contributed by atoms with van der Waals surface area (Å²) in [5.41, 5.74) is 1.14. The lowest BCUT2D eigenvalue weighted by Crippen LogP contribution is -2.28. The number of halogens is 1. The van der Waals surface area contributed by atoms with Crippen LogP contribution in [0.4, 0.5) is 0 Å². The summed E-state index contributed by atoms with van der Waals surface area (Å²) in [6.07, 6.45) is 4.06. The normalized spacial score (nSPS) is 10.9. The molecule has 0 unspecified atom stereocenters. The first-order valence-electron chi connectivity index (χ1n) is 8.51. The van der Waals surface area contributed by atoms with Crippen molar-refractivity contribution in [2.45, 2.75) is 11.8 Å². The predicted octanol–water partition coefficient (Wildman–Crippen LogP) is 4.22. The lowest BCUT2D eigenvalue weighted by Gasteiger charge is -2.06. The topological polar surface area (TPSA) is 77.2 Å². The number of carbonyl (C=O) groups excluding carboxylic acids is 1. The molecule has 3 rings (SSSR count). The minimum Gasteiger partial charge on any atom is -0.484 e. The van der Waals surface area contributed by atoms with Crippen molar-refractivity contribution in [3.8, 4) is 5.75 Å². The molecule has 0 spiro atoms. The van der Waals surface area contributed by atoms with E-state index in [-0.39, 0.29) is 19.1 Å². The molecule has 0 saturated heterocycles. The van der Waals surface area contributed by atoms with Gasteiger partial charge in [0.1, 0.15) is 5.75 Å². The molecule has 1 N–H and O–H groups in total. The van der Waals surface area contributed by atoms with Crippen LogP contribution in [0.15, 0.2) is 70.3 Å². The summed E-state index contributed by atoms with van der Waals surface area (Å²) in [7, 11) is 0. The van der Waals surface area contributed by atoms with Gasteiger partial charge in [0.05, 0.1) is 6.54 Å². The lowest BCUT2D eigenvalue weighted by atomic mass is 10.2. The number of amides is 1. The second-order valence-electron chi connectivity index (χ2n) is 5.61. The van der Waals surface area contributed by atoms with Crippen molar-refractivity contribution in [2.24, 2.45) is 0 Å². The fourth-order valence-corrected chi connectivity index (χ4v) is 2.86. The minimum atomic E-state index is -0.284. The minimum absolute atomic E-state index is 0.109. The first-order chi connectivity index (χ1) is 13.7. The summed E-state index contributed by atoms with van der Waals surface area (Å²) in [4.78, 5) is 11.8. The van der Waals surface area contributed by atoms with Crippen LogP contribution >= 0.6 is 23.4 Å². The van der Waals surface area contributed by atoms with Gasteiger partial charge in [0.15, 0.2) is 6.61 Å². The number of benzene rings is 2. The van der Waals surface area contributed by atoms with Crippen molar-refractivity contribution in [3.63, 3.8) is 0 Å². The predicted molar refractivity (Wildman–Crippen MR) is 109 cm³/mol. The van der Waals surface area contributed by atoms with E-state index in [2.05, 4.69) is 15.5 Å². The van der Waals surface area contributed by atoms with E-state index in [1.165, 1.54) is 11.8 Å². The highest BCUT2D eigenvalue weighted by Gasteiger charge is 2.08. The highest BCUT2D eigenvalue weighted by Crippen LogP contribution is 2.17. The molecule has 0 bridgehead atoms. The van der Waals surface area contributed by atoms with Gasteiger partial charge in [0, 0.05) is 10.8 Å². The Morgan fingerprint density at radius 2 is 1.93 bits per heavy atom. The van der Waals surface area contributed by atoms with Crippen LogP contribution in [-0.4, -0.2) is 28.5 Å². The number of hydrogen-bond acceptors (Lipinski definition) is 6. The van der Waals surface area contributed by atoms with Gasteiger partial charge >= 0.3 is 0 Å². The molecule has 144 valence electrons. The summed E-state index contributed by atoms with van der Waals surface area (Å²) < 4.78 is 10.9. The molecular weight excluding hydrogens is 398 g/mol. The van der Waals surface area contributed by atoms with Crippen LogP contribution in [0.2, 0.25) is 5.02 Å². The monoisotopic (exact) mass is 415 g/mol. The zero-order valence-corrected chi connectivity index (χ0v) is 16.4. The molecule has 6 nitrogen and oxygen atoms in total. The van der Waals surface area contributed by atoms with Crippen molar-refractivity contribution in [1.29, 1.82) is 0 Å². The molecule has 0 fully saturated rings. The molecule has 1 aromatic heterocycles. The molecule has 3 aromatic rings. The average Bonchev–Trinajstić information content (AvgIpc) is 3.18. The molecule has 8 heteroatoms. The first-order valence-corrected chi connectivity index (χ1v) is 9.87. The van der Waals surface area contributed by atoms with Crippen molar-refractivity contribution in [1.82, 2.24) is 15.5 Å². The molecule has 0 radical (unpaired) electrons. The van der Waals surface area contributed by atoms with Crippen LogP contribution in [0.1, 0.15) is 11.5 Å². The van der Waals surface area contributed by atoms with E-state index in [0.717, 1.165) is 5.56 Å². The number of thioether (sulfide) groups is 1. The van der Waals surface area contributed by atoms with Crippen LogP contribution in [0, 0.1) is 0 Å². The van der Waals surface area contributed by atoms with E-state index in [1.54, 1.807) is 24.3 Å². The summed E-state index contributed by atoms with van der Waals surface area (Å²) in [5, 5.41) is 11.6. The number of aromatic nitrogens is 2. The Bertz CT molecular complexity index is 914. The molecule has 28 heavy (non-hydrogen) atoms. The molecule has 0 atom stereocenters. The van der Waals surface area contributed by atoms with Crippen molar-refractivity contribution in [3.05, 3.63) is 77.2 Å². The van der Waals surface area contributed by atoms with Gasteiger partial charge in [0.25, 0.3) is 11.1 Å². The third-order valence-corrected chi connectivity index (χ3v) is 4.50. The van der Waals surface area contributed by atoms with E-state index in [4.69, 9.17) is 20.8 Å². The van der Waals surface area contributed by atoms with Crippen LogP contribution in [0.3, 0.4) is 0 Å². The number of nitrogens with one attached hydrogen (secondary N) is 1. The van der Waals surface area contributed by atoms with Gasteiger partial charge in [-0.15, -0.1) is 10.2 Å². The molecule has 2 aromatic carbocycles. The van der Waals surface area contributed by atoms with Crippen molar-refractivity contribution >= 4 is 35.3 Å². The van der Waals surface area contributed by atoms with E-state index < -0.39 is 0 Å². The Morgan fingerprint density at radius 3 is 2.71 bits per heavy atom. The Labute approximate surface area is 171 Å². The zero-order valence-electron chi connectivity index (χ0n) is 14.9. The Balaban J connectivity index is 1.36. The molecule has 0 aliphatic carbocycles. The maximum Gasteiger partial charge on any atom is 0.276 e. The van der Waals surface area contributed by atoms with Crippen molar-refractivity contribution < 1.29 is 13.9 Å². The van der Waals surface area contributed by atoms with E-state index in [1.807, 2.05) is 42.5 Å². The van der Waals surface area contributed by atoms with E-state index >= 15 is 0 Å². The van der Waals surface area contributed by atoms with Gasteiger partial charge in [-0.25, -0.2) is 0 Å². The van der Waals surface area contributed by atoms with Gasteiger partial charge in [-0.2, -0.15) is 0 Å².